The molecule has 1 atom stereocenters. The summed E-state index contributed by atoms with van der Waals surface area (Å²) in [4.78, 5) is 25.8. The van der Waals surface area contributed by atoms with E-state index in [0.717, 1.165) is 23.4 Å². The number of nitrogens with zero attached hydrogens (tertiary/aromatic N) is 1. The molecule has 2 N–H and O–H groups in total. The fourth-order valence-electron chi connectivity index (χ4n) is 2.70. The molecular weight excluding hydrogens is 328 g/mol. The first kappa shape index (κ1) is 16.9. The summed E-state index contributed by atoms with van der Waals surface area (Å²) in [6, 6.07) is 9.70. The largest absolute Gasteiger partial charge is 0.333 e. The van der Waals surface area contributed by atoms with Crippen LogP contribution in [0.3, 0.4) is 0 Å². The van der Waals surface area contributed by atoms with Crippen molar-refractivity contribution in [2.24, 2.45) is 0 Å². The van der Waals surface area contributed by atoms with Gasteiger partial charge < -0.3 is 15.5 Å². The van der Waals surface area contributed by atoms with Crippen LogP contribution in [0.2, 0.25) is 0 Å². The minimum absolute atomic E-state index is 0.0815. The van der Waals surface area contributed by atoms with E-state index in [4.69, 9.17) is 0 Å². The summed E-state index contributed by atoms with van der Waals surface area (Å²) in [7, 11) is 0. The van der Waals surface area contributed by atoms with Crippen LogP contribution in [0.15, 0.2) is 42.5 Å². The van der Waals surface area contributed by atoms with Crippen LogP contribution in [0, 0.1) is 18.6 Å². The number of hydrogen-bond acceptors (Lipinski definition) is 2. The maximum atomic E-state index is 13.2. The Balaban J connectivity index is 1.60. The van der Waals surface area contributed by atoms with E-state index in [2.05, 4.69) is 10.6 Å². The maximum absolute atomic E-state index is 13.2. The molecule has 1 aliphatic heterocycles. The lowest BCUT2D eigenvalue weighted by atomic mass is 10.2. The smallest absolute Gasteiger partial charge is 0.319 e. The van der Waals surface area contributed by atoms with Crippen LogP contribution in [-0.2, 0) is 4.79 Å². The fraction of sp³-hybridized carbons (Fsp3) is 0.222. The van der Waals surface area contributed by atoms with Gasteiger partial charge in [0, 0.05) is 30.4 Å². The quantitative estimate of drug-likeness (QED) is 0.897. The van der Waals surface area contributed by atoms with Crippen LogP contribution in [0.25, 0.3) is 0 Å². The molecule has 2 aromatic rings. The summed E-state index contributed by atoms with van der Waals surface area (Å²) in [5.74, 6) is -2.11. The van der Waals surface area contributed by atoms with Gasteiger partial charge in [0.25, 0.3) is 0 Å². The molecule has 7 heteroatoms. The zero-order valence-electron chi connectivity index (χ0n) is 13.6. The van der Waals surface area contributed by atoms with Crippen molar-refractivity contribution in [1.82, 2.24) is 5.32 Å². The summed E-state index contributed by atoms with van der Waals surface area (Å²) in [5.41, 5.74) is 2.01. The van der Waals surface area contributed by atoms with Gasteiger partial charge in [-0.15, -0.1) is 0 Å². The van der Waals surface area contributed by atoms with E-state index in [-0.39, 0.29) is 24.1 Å². The molecule has 0 aromatic heterocycles. The molecule has 25 heavy (non-hydrogen) atoms. The third-order valence-electron chi connectivity index (χ3n) is 3.98. The monoisotopic (exact) mass is 345 g/mol. The molecule has 0 unspecified atom stereocenters. The average Bonchev–Trinajstić information content (AvgIpc) is 2.92. The number of benzene rings is 2. The lowest BCUT2D eigenvalue weighted by Crippen LogP contribution is -2.39. The molecule has 0 spiro atoms. The van der Waals surface area contributed by atoms with Gasteiger partial charge in [0.05, 0.1) is 6.04 Å². The highest BCUT2D eigenvalue weighted by atomic mass is 19.2. The normalized spacial score (nSPS) is 16.8. The van der Waals surface area contributed by atoms with Crippen LogP contribution in [0.1, 0.15) is 12.0 Å². The van der Waals surface area contributed by atoms with Crippen molar-refractivity contribution in [3.8, 4) is 0 Å². The Bertz CT molecular complexity index is 808. The van der Waals surface area contributed by atoms with Crippen LogP contribution in [-0.4, -0.2) is 24.5 Å². The second kappa shape index (κ2) is 6.88. The molecule has 1 heterocycles. The Hall–Kier alpha value is -2.96. The van der Waals surface area contributed by atoms with E-state index in [1.807, 2.05) is 31.2 Å². The molecular formula is C18H17F2N3O2. The number of aryl methyl sites for hydroxylation is 1. The van der Waals surface area contributed by atoms with E-state index < -0.39 is 17.7 Å². The number of rotatable bonds is 3. The highest BCUT2D eigenvalue weighted by Gasteiger charge is 2.31. The molecule has 0 aliphatic carbocycles. The molecule has 0 radical (unpaired) electrons. The van der Waals surface area contributed by atoms with Crippen LogP contribution >= 0.6 is 0 Å². The Morgan fingerprint density at radius 1 is 1.12 bits per heavy atom. The lowest BCUT2D eigenvalue weighted by Gasteiger charge is -2.17. The molecule has 1 fully saturated rings. The minimum Gasteiger partial charge on any atom is -0.333 e. The van der Waals surface area contributed by atoms with Gasteiger partial charge in [-0.3, -0.25) is 4.79 Å². The molecule has 3 amide bonds. The molecule has 1 saturated heterocycles. The van der Waals surface area contributed by atoms with Crippen molar-refractivity contribution in [1.29, 1.82) is 0 Å². The van der Waals surface area contributed by atoms with Crippen molar-refractivity contribution >= 4 is 23.3 Å². The third kappa shape index (κ3) is 3.93. The average molecular weight is 345 g/mol. The van der Waals surface area contributed by atoms with E-state index in [1.54, 1.807) is 4.90 Å². The second-order valence-corrected chi connectivity index (χ2v) is 5.97. The number of hydrogen-bond donors (Lipinski definition) is 2. The first-order chi connectivity index (χ1) is 11.9. The highest BCUT2D eigenvalue weighted by Crippen LogP contribution is 2.22. The van der Waals surface area contributed by atoms with Crippen molar-refractivity contribution < 1.29 is 18.4 Å². The summed E-state index contributed by atoms with van der Waals surface area (Å²) >= 11 is 0. The third-order valence-corrected chi connectivity index (χ3v) is 3.98. The Kier molecular flexibility index (Phi) is 4.65. The zero-order chi connectivity index (χ0) is 18.0. The topological polar surface area (TPSA) is 61.4 Å². The number of carbonyl (C=O) groups is 2. The molecule has 0 bridgehead atoms. The van der Waals surface area contributed by atoms with Crippen molar-refractivity contribution in [2.45, 2.75) is 19.4 Å². The van der Waals surface area contributed by atoms with E-state index in [9.17, 15) is 18.4 Å². The first-order valence-corrected chi connectivity index (χ1v) is 7.82. The minimum atomic E-state index is -1.04. The van der Waals surface area contributed by atoms with Gasteiger partial charge in [-0.2, -0.15) is 0 Å². The predicted molar refractivity (Wildman–Crippen MR) is 90.4 cm³/mol. The number of halogens is 2. The van der Waals surface area contributed by atoms with Gasteiger partial charge in [0.1, 0.15) is 0 Å². The Morgan fingerprint density at radius 3 is 2.52 bits per heavy atom. The van der Waals surface area contributed by atoms with Crippen LogP contribution in [0.5, 0.6) is 0 Å². The summed E-state index contributed by atoms with van der Waals surface area (Å²) in [6.45, 7) is 2.32. The van der Waals surface area contributed by atoms with E-state index >= 15 is 0 Å². The predicted octanol–water partition coefficient (Wildman–Crippen LogP) is 3.20. The summed E-state index contributed by atoms with van der Waals surface area (Å²) in [6.07, 6.45) is 0.180. The molecule has 3 rings (SSSR count). The van der Waals surface area contributed by atoms with Gasteiger partial charge in [0.2, 0.25) is 5.91 Å². The first-order valence-electron chi connectivity index (χ1n) is 7.82. The molecule has 1 aliphatic rings. The fourth-order valence-corrected chi connectivity index (χ4v) is 2.70. The number of carbonyl (C=O) groups excluding carboxylic acids is 2. The van der Waals surface area contributed by atoms with Crippen LogP contribution < -0.4 is 15.5 Å². The Labute approximate surface area is 143 Å². The second-order valence-electron chi connectivity index (χ2n) is 5.97. The van der Waals surface area contributed by atoms with Crippen molar-refractivity contribution in [3.05, 3.63) is 59.7 Å². The lowest BCUT2D eigenvalue weighted by molar-refractivity contribution is -0.117. The highest BCUT2D eigenvalue weighted by molar-refractivity contribution is 5.97. The number of nitrogens with one attached hydrogen (secondary N) is 2. The SMILES string of the molecule is Cc1ccc(N2C[C@H](NC(=O)Nc3ccc(F)c(F)c3)CC2=O)cc1. The number of amides is 3. The van der Waals surface area contributed by atoms with Crippen molar-refractivity contribution in [3.63, 3.8) is 0 Å². The molecule has 0 saturated carbocycles. The molecule has 130 valence electrons. The van der Waals surface area contributed by atoms with Crippen molar-refractivity contribution in [2.75, 3.05) is 16.8 Å². The standard InChI is InChI=1S/C18H17F2N3O2/c1-11-2-5-14(6-3-11)23-10-13(9-17(23)24)22-18(25)21-12-4-7-15(19)16(20)8-12/h2-8,13H,9-10H2,1H3,(H2,21,22,25)/t13-/m1/s1. The van der Waals surface area contributed by atoms with E-state index in [1.165, 1.54) is 6.07 Å². The maximum Gasteiger partial charge on any atom is 0.319 e. The van der Waals surface area contributed by atoms with Gasteiger partial charge in [-0.25, -0.2) is 13.6 Å². The van der Waals surface area contributed by atoms with Crippen LogP contribution in [0.4, 0.5) is 25.0 Å². The van der Waals surface area contributed by atoms with Gasteiger partial charge in [-0.05, 0) is 31.2 Å². The Morgan fingerprint density at radius 2 is 1.84 bits per heavy atom. The van der Waals surface area contributed by atoms with Gasteiger partial charge in [0.15, 0.2) is 11.6 Å². The molecule has 5 nitrogen and oxygen atoms in total. The van der Waals surface area contributed by atoms with Gasteiger partial charge in [-0.1, -0.05) is 17.7 Å². The van der Waals surface area contributed by atoms with Gasteiger partial charge >= 0.3 is 6.03 Å². The number of urea groups is 1. The number of anilines is 2. The summed E-state index contributed by atoms with van der Waals surface area (Å²) in [5, 5.41) is 5.10. The zero-order valence-corrected chi connectivity index (χ0v) is 13.6. The molecule has 2 aromatic carbocycles. The summed E-state index contributed by atoms with van der Waals surface area (Å²) < 4.78 is 26.0. The van der Waals surface area contributed by atoms with E-state index in [0.29, 0.717) is 6.54 Å².